The lowest BCUT2D eigenvalue weighted by molar-refractivity contribution is 0.316. The molecule has 2 heteroatoms. The minimum atomic E-state index is 0.743. The van der Waals surface area contributed by atoms with Crippen molar-refractivity contribution in [2.45, 2.75) is 13.3 Å². The van der Waals surface area contributed by atoms with Gasteiger partial charge in [-0.2, -0.15) is 0 Å². The van der Waals surface area contributed by atoms with Crippen LogP contribution in [0.3, 0.4) is 0 Å². The summed E-state index contributed by atoms with van der Waals surface area (Å²) in [5.74, 6) is 0.835. The summed E-state index contributed by atoms with van der Waals surface area (Å²) >= 11 is 0. The van der Waals surface area contributed by atoms with Crippen LogP contribution in [0, 0.1) is 6.92 Å². The summed E-state index contributed by atoms with van der Waals surface area (Å²) in [6.45, 7) is 6.60. The van der Waals surface area contributed by atoms with Gasteiger partial charge in [0.2, 0.25) is 0 Å². The van der Waals surface area contributed by atoms with Crippen LogP contribution < -0.4 is 4.74 Å². The lowest BCUT2D eigenvalue weighted by atomic mass is 10.3. The van der Waals surface area contributed by atoms with Gasteiger partial charge in [-0.15, -0.1) is 0 Å². The van der Waals surface area contributed by atoms with Crippen LogP contribution in [0.4, 0.5) is 0 Å². The van der Waals surface area contributed by atoms with Crippen molar-refractivity contribution >= 4 is 0 Å². The monoisotopic (exact) mass is 150 g/mol. The molecule has 0 aliphatic rings. The number of pyridine rings is 1. The van der Waals surface area contributed by atoms with E-state index in [0.717, 1.165) is 24.3 Å². The van der Waals surface area contributed by atoms with Gasteiger partial charge in [-0.3, -0.25) is 4.98 Å². The van der Waals surface area contributed by atoms with Gasteiger partial charge in [-0.05, 0) is 19.4 Å². The topological polar surface area (TPSA) is 22.1 Å². The highest BCUT2D eigenvalue weighted by atomic mass is 16.5. The van der Waals surface area contributed by atoms with Crippen LogP contribution >= 0.6 is 0 Å². The predicted molar refractivity (Wildman–Crippen MR) is 44.5 cm³/mol. The molecular weight excluding hydrogens is 138 g/mol. The van der Waals surface area contributed by atoms with Crippen LogP contribution in [0.1, 0.15) is 18.9 Å². The van der Waals surface area contributed by atoms with E-state index in [2.05, 4.69) is 18.8 Å². The zero-order valence-electron chi connectivity index (χ0n) is 6.71. The van der Waals surface area contributed by atoms with Crippen molar-refractivity contribution in [3.05, 3.63) is 30.9 Å². The van der Waals surface area contributed by atoms with Crippen molar-refractivity contribution < 1.29 is 4.74 Å². The maximum Gasteiger partial charge on any atom is 0.125 e. The zero-order valence-corrected chi connectivity index (χ0v) is 6.71. The predicted octanol–water partition coefficient (Wildman–Crippen LogP) is 2.05. The number of aromatic nitrogens is 1. The number of nitrogens with zero attached hydrogens (tertiary/aromatic N) is 1. The van der Waals surface area contributed by atoms with Gasteiger partial charge < -0.3 is 4.74 Å². The van der Waals surface area contributed by atoms with Crippen molar-refractivity contribution in [2.24, 2.45) is 0 Å². The van der Waals surface area contributed by atoms with Crippen LogP contribution in [0.5, 0.6) is 5.75 Å². The highest BCUT2D eigenvalue weighted by Gasteiger charge is 1.95. The van der Waals surface area contributed by atoms with E-state index in [9.17, 15) is 0 Å². The number of rotatable bonds is 3. The summed E-state index contributed by atoms with van der Waals surface area (Å²) in [6.07, 6.45) is 4.42. The van der Waals surface area contributed by atoms with E-state index < -0.39 is 0 Å². The molecule has 0 aromatic carbocycles. The van der Waals surface area contributed by atoms with E-state index in [0.29, 0.717) is 0 Å². The molecule has 59 valence electrons. The molecule has 0 atom stereocenters. The molecule has 0 bridgehead atoms. The second-order valence-corrected chi connectivity index (χ2v) is 2.33. The van der Waals surface area contributed by atoms with Gasteiger partial charge >= 0.3 is 0 Å². The highest BCUT2D eigenvalue weighted by Crippen LogP contribution is 2.14. The van der Waals surface area contributed by atoms with Gasteiger partial charge in [0, 0.05) is 18.0 Å². The molecule has 1 aromatic rings. The Labute approximate surface area is 67.2 Å². The fraction of sp³-hybridized carbons (Fsp3) is 0.333. The molecule has 0 saturated heterocycles. The lowest BCUT2D eigenvalue weighted by Gasteiger charge is -2.05. The second kappa shape index (κ2) is 3.96. The molecular formula is C9H12NO. The maximum atomic E-state index is 5.38. The van der Waals surface area contributed by atoms with Gasteiger partial charge in [-0.25, -0.2) is 0 Å². The molecule has 0 N–H and O–H groups in total. The molecule has 0 unspecified atom stereocenters. The third-order valence-corrected chi connectivity index (χ3v) is 1.32. The molecule has 1 rings (SSSR count). The molecule has 0 spiro atoms. The normalized spacial score (nSPS) is 9.64. The fourth-order valence-corrected chi connectivity index (χ4v) is 0.767. The first kappa shape index (κ1) is 8.05. The molecule has 11 heavy (non-hydrogen) atoms. The Morgan fingerprint density at radius 2 is 2.45 bits per heavy atom. The van der Waals surface area contributed by atoms with E-state index in [4.69, 9.17) is 4.74 Å². The Kier molecular flexibility index (Phi) is 2.90. The van der Waals surface area contributed by atoms with E-state index >= 15 is 0 Å². The SMILES string of the molecule is [CH2]c1cnccc1OCCC. The van der Waals surface area contributed by atoms with Gasteiger partial charge in [0.05, 0.1) is 6.61 Å². The molecule has 0 aliphatic carbocycles. The van der Waals surface area contributed by atoms with Crippen LogP contribution in [0.25, 0.3) is 0 Å². The number of hydrogen-bond acceptors (Lipinski definition) is 2. The van der Waals surface area contributed by atoms with Gasteiger partial charge in [-0.1, -0.05) is 6.92 Å². The summed E-state index contributed by atoms with van der Waals surface area (Å²) < 4.78 is 5.38. The Balaban J connectivity index is 2.62. The third kappa shape index (κ3) is 2.22. The summed E-state index contributed by atoms with van der Waals surface area (Å²) in [7, 11) is 0. The first-order valence-electron chi connectivity index (χ1n) is 3.73. The van der Waals surface area contributed by atoms with Crippen molar-refractivity contribution in [3.63, 3.8) is 0 Å². The van der Waals surface area contributed by atoms with Crippen molar-refractivity contribution in [1.29, 1.82) is 0 Å². The number of ether oxygens (including phenoxy) is 1. The van der Waals surface area contributed by atoms with Gasteiger partial charge in [0.15, 0.2) is 0 Å². The van der Waals surface area contributed by atoms with E-state index in [1.807, 2.05) is 6.07 Å². The molecule has 0 amide bonds. The molecule has 2 nitrogen and oxygen atoms in total. The van der Waals surface area contributed by atoms with E-state index in [1.54, 1.807) is 12.4 Å². The van der Waals surface area contributed by atoms with Crippen molar-refractivity contribution in [2.75, 3.05) is 6.61 Å². The summed E-state index contributed by atoms with van der Waals surface area (Å²) in [5.41, 5.74) is 0.848. The summed E-state index contributed by atoms with van der Waals surface area (Å²) in [6, 6.07) is 1.83. The van der Waals surface area contributed by atoms with Crippen molar-refractivity contribution in [1.82, 2.24) is 4.98 Å². The van der Waals surface area contributed by atoms with E-state index in [1.165, 1.54) is 0 Å². The van der Waals surface area contributed by atoms with E-state index in [-0.39, 0.29) is 0 Å². The molecule has 0 saturated carbocycles. The zero-order chi connectivity index (χ0) is 8.10. The first-order valence-corrected chi connectivity index (χ1v) is 3.73. The van der Waals surface area contributed by atoms with Crippen LogP contribution in [0.15, 0.2) is 18.5 Å². The number of hydrogen-bond donors (Lipinski definition) is 0. The second-order valence-electron chi connectivity index (χ2n) is 2.33. The van der Waals surface area contributed by atoms with Gasteiger partial charge in [0.1, 0.15) is 5.75 Å². The summed E-state index contributed by atoms with van der Waals surface area (Å²) in [4.78, 5) is 3.91. The fourth-order valence-electron chi connectivity index (χ4n) is 0.767. The molecule has 0 aliphatic heterocycles. The molecule has 1 radical (unpaired) electrons. The van der Waals surface area contributed by atoms with Crippen molar-refractivity contribution in [3.8, 4) is 5.75 Å². The third-order valence-electron chi connectivity index (χ3n) is 1.32. The van der Waals surface area contributed by atoms with Gasteiger partial charge in [0.25, 0.3) is 0 Å². The van der Waals surface area contributed by atoms with Crippen LogP contribution in [-0.2, 0) is 0 Å². The summed E-state index contributed by atoms with van der Waals surface area (Å²) in [5, 5.41) is 0. The lowest BCUT2D eigenvalue weighted by Crippen LogP contribution is -1.96. The highest BCUT2D eigenvalue weighted by molar-refractivity contribution is 5.31. The smallest absolute Gasteiger partial charge is 0.125 e. The quantitative estimate of drug-likeness (QED) is 0.658. The largest absolute Gasteiger partial charge is 0.493 e. The minimum Gasteiger partial charge on any atom is -0.493 e. The molecule has 0 fully saturated rings. The first-order chi connectivity index (χ1) is 5.34. The molecule has 1 aromatic heterocycles. The molecule has 1 heterocycles. The Bertz CT molecular complexity index is 223. The standard InChI is InChI=1S/C9H12NO/c1-3-6-11-9-4-5-10-7-8(9)2/h4-5,7H,2-3,6H2,1H3. The average molecular weight is 150 g/mol. The Hall–Kier alpha value is -1.05. The van der Waals surface area contributed by atoms with Crippen LogP contribution in [0.2, 0.25) is 0 Å². The minimum absolute atomic E-state index is 0.743. The average Bonchev–Trinajstić information content (AvgIpc) is 2.03. The maximum absolute atomic E-state index is 5.38. The Morgan fingerprint density at radius 3 is 3.09 bits per heavy atom. The Morgan fingerprint density at radius 1 is 1.64 bits per heavy atom. The van der Waals surface area contributed by atoms with Crippen LogP contribution in [-0.4, -0.2) is 11.6 Å².